The van der Waals surface area contributed by atoms with Gasteiger partial charge >= 0.3 is 0 Å². The molecule has 0 amide bonds. The fourth-order valence-electron chi connectivity index (χ4n) is 4.97. The number of fused-ring (bicyclic) bond motifs is 6. The van der Waals surface area contributed by atoms with Crippen LogP contribution in [0.3, 0.4) is 0 Å². The first-order chi connectivity index (χ1) is 20.9. The number of hydrogen-bond acceptors (Lipinski definition) is 6. The quantitative estimate of drug-likeness (QED) is 0.132. The number of nitrogens with zero attached hydrogens (tertiary/aromatic N) is 4. The smallest absolute Gasteiger partial charge is 0.195 e. The Morgan fingerprint density at radius 3 is 1.13 bits per heavy atom. The second-order valence-corrected chi connectivity index (χ2v) is 12.8. The predicted octanol–water partition coefficient (Wildman–Crippen LogP) is 8.98. The summed E-state index contributed by atoms with van der Waals surface area (Å²) in [6, 6.07) is 24.3. The second-order valence-electron chi connectivity index (χ2n) is 12.8. The average Bonchev–Trinajstić information content (AvgIpc) is 3.02. The molecule has 0 spiro atoms. The van der Waals surface area contributed by atoms with E-state index in [0.717, 1.165) is 54.8 Å². The molecule has 229 valence electrons. The Kier molecular flexibility index (Phi) is 10.3. The summed E-state index contributed by atoms with van der Waals surface area (Å²) < 4.78 is 0. The van der Waals surface area contributed by atoms with E-state index in [0.29, 0.717) is 0 Å². The van der Waals surface area contributed by atoms with Crippen LogP contribution in [0.2, 0.25) is 0 Å². The van der Waals surface area contributed by atoms with Gasteiger partial charge in [-0.2, -0.15) is 0 Å². The summed E-state index contributed by atoms with van der Waals surface area (Å²) in [5.41, 5.74) is 5.31. The Labute approximate surface area is 274 Å². The molecule has 0 fully saturated rings. The summed E-state index contributed by atoms with van der Waals surface area (Å²) in [7, 11) is 0. The van der Waals surface area contributed by atoms with Gasteiger partial charge in [0.2, 0.25) is 0 Å². The molecule has 2 aromatic carbocycles. The van der Waals surface area contributed by atoms with Crippen LogP contribution in [0, 0.1) is 16.9 Å². The molecule has 1 radical (unpaired) electrons. The van der Waals surface area contributed by atoms with Crippen LogP contribution in [0.25, 0.3) is 43.6 Å². The van der Waals surface area contributed by atoms with Gasteiger partial charge in [0.25, 0.3) is 0 Å². The molecular weight excluding hydrogens is 600 g/mol. The monoisotopic (exact) mass is 637 g/mol. The van der Waals surface area contributed by atoms with Gasteiger partial charge in [-0.1, -0.05) is 96.1 Å². The zero-order valence-electron chi connectivity index (χ0n) is 26.4. The fourth-order valence-corrected chi connectivity index (χ4v) is 4.97. The van der Waals surface area contributed by atoms with Gasteiger partial charge in [-0.05, 0) is 52.3 Å². The average molecular weight is 638 g/mol. The van der Waals surface area contributed by atoms with Crippen LogP contribution in [0.15, 0.2) is 121 Å². The van der Waals surface area contributed by atoms with Crippen LogP contribution in [0.1, 0.15) is 41.5 Å². The number of ketones is 1. The summed E-state index contributed by atoms with van der Waals surface area (Å²) >= 11 is 0. The predicted molar refractivity (Wildman–Crippen MR) is 179 cm³/mol. The molecule has 0 aliphatic heterocycles. The molecule has 7 rings (SSSR count). The number of carbonyl (C=O) groups is 1. The Hall–Kier alpha value is -4.29. The van der Waals surface area contributed by atoms with Crippen molar-refractivity contribution in [3.05, 3.63) is 127 Å². The van der Waals surface area contributed by atoms with Crippen molar-refractivity contribution in [3.8, 4) is 0 Å². The van der Waals surface area contributed by atoms with Gasteiger partial charge < -0.3 is 5.11 Å². The summed E-state index contributed by atoms with van der Waals surface area (Å²) in [4.78, 5) is 29.1. The Morgan fingerprint density at radius 1 is 0.511 bits per heavy atom. The molecule has 7 heteroatoms. The van der Waals surface area contributed by atoms with Crippen LogP contribution >= 0.6 is 0 Å². The molecule has 1 aliphatic carbocycles. The van der Waals surface area contributed by atoms with E-state index in [9.17, 15) is 9.90 Å². The fraction of sp³-hybridized carbons (Fsp3) is 0.211. The molecule has 1 N–H and O–H groups in total. The molecule has 0 saturated heterocycles. The number of aromatic nitrogens is 4. The Balaban J connectivity index is 0.000000152. The molecule has 0 bridgehead atoms. The molecular formula is C38H37FeN4O2. The maximum atomic E-state index is 11.7. The van der Waals surface area contributed by atoms with Gasteiger partial charge in [0, 0.05) is 63.4 Å². The van der Waals surface area contributed by atoms with Crippen molar-refractivity contribution < 1.29 is 27.0 Å². The van der Waals surface area contributed by atoms with Crippen molar-refractivity contribution >= 4 is 49.4 Å². The van der Waals surface area contributed by atoms with Crippen molar-refractivity contribution in [1.29, 1.82) is 0 Å². The minimum absolute atomic E-state index is 0. The molecule has 0 atom stereocenters. The first-order valence-electron chi connectivity index (χ1n) is 14.7. The van der Waals surface area contributed by atoms with E-state index >= 15 is 0 Å². The molecule has 6 aromatic rings. The second kappa shape index (κ2) is 13.8. The van der Waals surface area contributed by atoms with E-state index in [1.165, 1.54) is 6.08 Å². The van der Waals surface area contributed by atoms with Crippen molar-refractivity contribution in [1.82, 2.24) is 19.9 Å². The first-order valence-corrected chi connectivity index (χ1v) is 14.7. The van der Waals surface area contributed by atoms with Gasteiger partial charge in [-0.3, -0.25) is 24.7 Å². The van der Waals surface area contributed by atoms with Gasteiger partial charge in [0.05, 0.1) is 22.1 Å². The molecule has 0 unspecified atom stereocenters. The number of hydrogen-bond donors (Lipinski definition) is 1. The van der Waals surface area contributed by atoms with E-state index < -0.39 is 0 Å². The number of pyridine rings is 4. The molecule has 45 heavy (non-hydrogen) atoms. The summed E-state index contributed by atoms with van der Waals surface area (Å²) in [5, 5.41) is 14.4. The van der Waals surface area contributed by atoms with Crippen LogP contribution in [-0.4, -0.2) is 30.8 Å². The third kappa shape index (κ3) is 7.69. The van der Waals surface area contributed by atoms with Crippen LogP contribution in [0.5, 0.6) is 0 Å². The first kappa shape index (κ1) is 33.6. The number of aliphatic hydroxyl groups excluding tert-OH is 1. The topological polar surface area (TPSA) is 88.9 Å². The molecule has 6 nitrogen and oxygen atoms in total. The molecule has 4 heterocycles. The van der Waals surface area contributed by atoms with Crippen LogP contribution in [0.4, 0.5) is 0 Å². The van der Waals surface area contributed by atoms with E-state index in [-0.39, 0.29) is 39.8 Å². The molecule has 4 aromatic heterocycles. The summed E-state index contributed by atoms with van der Waals surface area (Å²) in [6.07, 6.45) is 10.6. The Morgan fingerprint density at radius 2 is 0.844 bits per heavy atom. The zero-order valence-corrected chi connectivity index (χ0v) is 27.5. The number of carbonyl (C=O) groups excluding carboxylic acids is 1. The molecule has 0 saturated carbocycles. The summed E-state index contributed by atoms with van der Waals surface area (Å²) in [5.74, 6) is -0.280. The standard InChI is InChI=1S/C14H21O2.2C12H8N2.Fe/c1-13(2,3)9-7-10(14(4,5)6)12(16)11(15)8-9;2*1-3-9-5-6-10-4-2-8-14-12(10)11(9)13-7-1;/h7-8,16H,1-6H3;2*1-8H;. The van der Waals surface area contributed by atoms with Crippen LogP contribution < -0.4 is 0 Å². The van der Waals surface area contributed by atoms with E-state index in [1.807, 2.05) is 51.1 Å². The summed E-state index contributed by atoms with van der Waals surface area (Å²) in [6.45, 7) is 12.2. The minimum atomic E-state index is -0.280. The number of allylic oxidation sites excluding steroid dienone is 2. The van der Waals surface area contributed by atoms with Crippen molar-refractivity contribution in [2.45, 2.75) is 41.5 Å². The minimum Gasteiger partial charge on any atom is -0.374 e. The van der Waals surface area contributed by atoms with E-state index in [2.05, 4.69) is 89.2 Å². The Bertz CT molecular complexity index is 1820. The zero-order chi connectivity index (χ0) is 31.5. The van der Waals surface area contributed by atoms with Crippen molar-refractivity contribution in [2.24, 2.45) is 10.8 Å². The van der Waals surface area contributed by atoms with Gasteiger partial charge in [-0.15, -0.1) is 0 Å². The maximum absolute atomic E-state index is 11.7. The van der Waals surface area contributed by atoms with Crippen LogP contribution in [-0.2, 0) is 21.9 Å². The molecule has 1 aliphatic rings. The third-order valence-corrected chi connectivity index (χ3v) is 7.44. The largest absolute Gasteiger partial charge is 0.374 e. The van der Waals surface area contributed by atoms with Crippen molar-refractivity contribution in [2.75, 3.05) is 0 Å². The normalized spacial score (nSPS) is 13.7. The SMILES string of the molecule is CC(C)(C)C1=CC(=O)[C](O)C(C(C)(C)C)=C1.[Fe].c1cnc2c(c1)ccc1cccnc12.c1cnc2c(c1)ccc1cccnc12. The number of benzene rings is 2. The number of aliphatic hydroxyl groups is 1. The van der Waals surface area contributed by atoms with Crippen molar-refractivity contribution in [3.63, 3.8) is 0 Å². The van der Waals surface area contributed by atoms with E-state index in [4.69, 9.17) is 0 Å². The van der Waals surface area contributed by atoms with E-state index in [1.54, 1.807) is 24.8 Å². The number of rotatable bonds is 0. The van der Waals surface area contributed by atoms with Gasteiger partial charge in [-0.25, -0.2) is 0 Å². The third-order valence-electron chi connectivity index (χ3n) is 7.44. The van der Waals surface area contributed by atoms with Gasteiger partial charge in [0.15, 0.2) is 11.9 Å². The maximum Gasteiger partial charge on any atom is 0.195 e. The van der Waals surface area contributed by atoms with Gasteiger partial charge in [0.1, 0.15) is 0 Å².